The number of nitrogens with one attached hydrogen (secondary N) is 1. The zero-order valence-electron chi connectivity index (χ0n) is 6.22. The molecule has 0 spiro atoms. The highest BCUT2D eigenvalue weighted by molar-refractivity contribution is 5.15. The third kappa shape index (κ3) is 1.03. The molecule has 60 valence electrons. The minimum Gasteiger partial charge on any atom is -0.420 e. The molecule has 0 bridgehead atoms. The van der Waals surface area contributed by atoms with Crippen molar-refractivity contribution in [2.45, 2.75) is 19.4 Å². The Kier molecular flexibility index (Phi) is 1.42. The lowest BCUT2D eigenvalue weighted by Crippen LogP contribution is -2.27. The van der Waals surface area contributed by atoms with E-state index in [1.54, 1.807) is 0 Å². The Labute approximate surface area is 63.6 Å². The lowest BCUT2D eigenvalue weighted by molar-refractivity contribution is 0.315. The summed E-state index contributed by atoms with van der Waals surface area (Å²) in [6.07, 6.45) is 0.0156. The highest BCUT2D eigenvalue weighted by Gasteiger charge is 2.22. The monoisotopic (exact) mass is 156 g/mol. The maximum atomic E-state index is 12.5. The van der Waals surface area contributed by atoms with E-state index in [1.807, 2.05) is 6.92 Å². The van der Waals surface area contributed by atoms with Crippen molar-refractivity contribution >= 4 is 0 Å². The van der Waals surface area contributed by atoms with Crippen molar-refractivity contribution in [3.8, 4) is 0 Å². The zero-order chi connectivity index (χ0) is 7.84. The number of fused-ring (bicyclic) bond motifs is 1. The first-order valence-electron chi connectivity index (χ1n) is 3.66. The topological polar surface area (TPSA) is 38.1 Å². The zero-order valence-corrected chi connectivity index (χ0v) is 6.22. The van der Waals surface area contributed by atoms with Gasteiger partial charge in [-0.15, -0.1) is 4.39 Å². The van der Waals surface area contributed by atoms with Crippen molar-refractivity contribution < 1.29 is 8.81 Å². The third-order valence-electron chi connectivity index (χ3n) is 1.91. The van der Waals surface area contributed by atoms with Gasteiger partial charge in [0.05, 0.1) is 6.04 Å². The summed E-state index contributed by atoms with van der Waals surface area (Å²) in [7, 11) is 0. The van der Waals surface area contributed by atoms with Gasteiger partial charge in [-0.05, 0) is 6.92 Å². The molecule has 0 amide bonds. The Balaban J connectivity index is 2.43. The lowest BCUT2D eigenvalue weighted by atomic mass is 10.1. The molecule has 0 radical (unpaired) electrons. The third-order valence-corrected chi connectivity index (χ3v) is 1.91. The fourth-order valence-electron chi connectivity index (χ4n) is 1.35. The van der Waals surface area contributed by atoms with Gasteiger partial charge >= 0.3 is 6.14 Å². The quantitative estimate of drug-likeness (QED) is 0.609. The molecule has 0 aliphatic carbocycles. The number of hydrogen-bond acceptors (Lipinski definition) is 3. The first-order chi connectivity index (χ1) is 5.27. The minimum absolute atomic E-state index is 0.118. The SMILES string of the molecule is CC1NCCc2oc(F)nc21. The van der Waals surface area contributed by atoms with E-state index in [0.717, 1.165) is 13.0 Å². The predicted molar refractivity (Wildman–Crippen MR) is 36.6 cm³/mol. The minimum atomic E-state index is -0.717. The summed E-state index contributed by atoms with van der Waals surface area (Å²) < 4.78 is 17.2. The molecule has 1 unspecified atom stereocenters. The van der Waals surface area contributed by atoms with E-state index in [-0.39, 0.29) is 6.04 Å². The van der Waals surface area contributed by atoms with Crippen LogP contribution in [0, 0.1) is 6.14 Å². The Hall–Kier alpha value is -0.900. The average molecular weight is 156 g/mol. The second-order valence-corrected chi connectivity index (χ2v) is 2.70. The highest BCUT2D eigenvalue weighted by atomic mass is 19.1. The summed E-state index contributed by atoms with van der Waals surface area (Å²) >= 11 is 0. The van der Waals surface area contributed by atoms with Crippen LogP contribution >= 0.6 is 0 Å². The Morgan fingerprint density at radius 2 is 2.55 bits per heavy atom. The molecule has 0 saturated heterocycles. The van der Waals surface area contributed by atoms with Crippen molar-refractivity contribution in [2.75, 3.05) is 6.54 Å². The molecular formula is C7H9FN2O. The normalized spacial score (nSPS) is 23.3. The Bertz CT molecular complexity index is 271. The first-order valence-corrected chi connectivity index (χ1v) is 3.66. The number of halogens is 1. The molecule has 3 nitrogen and oxygen atoms in total. The number of rotatable bonds is 0. The van der Waals surface area contributed by atoms with Crippen LogP contribution in [0.5, 0.6) is 0 Å². The van der Waals surface area contributed by atoms with Crippen LogP contribution in [0.3, 0.4) is 0 Å². The van der Waals surface area contributed by atoms with Gasteiger partial charge in [0.25, 0.3) is 0 Å². The fourth-order valence-corrected chi connectivity index (χ4v) is 1.35. The van der Waals surface area contributed by atoms with Crippen LogP contribution < -0.4 is 5.32 Å². The van der Waals surface area contributed by atoms with Crippen LogP contribution in [0.2, 0.25) is 0 Å². The van der Waals surface area contributed by atoms with Crippen LogP contribution in [0.1, 0.15) is 24.4 Å². The van der Waals surface area contributed by atoms with Crippen LogP contribution in [-0.4, -0.2) is 11.5 Å². The first kappa shape index (κ1) is 6.79. The molecule has 11 heavy (non-hydrogen) atoms. The summed E-state index contributed by atoms with van der Waals surface area (Å²) in [5, 5.41) is 3.16. The van der Waals surface area contributed by atoms with E-state index >= 15 is 0 Å². The highest BCUT2D eigenvalue weighted by Crippen LogP contribution is 2.21. The summed E-state index contributed by atoms with van der Waals surface area (Å²) in [4.78, 5) is 3.64. The maximum Gasteiger partial charge on any atom is 0.381 e. The summed E-state index contributed by atoms with van der Waals surface area (Å²) in [6.45, 7) is 2.78. The van der Waals surface area contributed by atoms with Crippen molar-refractivity contribution in [3.63, 3.8) is 0 Å². The number of oxazole rings is 1. The summed E-state index contributed by atoms with van der Waals surface area (Å²) in [5.74, 6) is 0.689. The van der Waals surface area contributed by atoms with Crippen molar-refractivity contribution in [2.24, 2.45) is 0 Å². The van der Waals surface area contributed by atoms with E-state index in [4.69, 9.17) is 4.42 Å². The largest absolute Gasteiger partial charge is 0.420 e. The van der Waals surface area contributed by atoms with E-state index < -0.39 is 6.14 Å². The number of nitrogens with zero attached hydrogens (tertiary/aromatic N) is 1. The van der Waals surface area contributed by atoms with E-state index in [1.165, 1.54) is 0 Å². The molecule has 0 saturated carbocycles. The van der Waals surface area contributed by atoms with Crippen LogP contribution in [0.25, 0.3) is 0 Å². The average Bonchev–Trinajstić information content (AvgIpc) is 2.31. The Morgan fingerprint density at radius 1 is 1.73 bits per heavy atom. The standard InChI is InChI=1S/C7H9FN2O/c1-4-6-5(2-3-9-4)11-7(8)10-6/h4,9H,2-3H2,1H3. The van der Waals surface area contributed by atoms with Crippen LogP contribution in [0.4, 0.5) is 4.39 Å². The molecule has 0 aromatic carbocycles. The van der Waals surface area contributed by atoms with Gasteiger partial charge in [-0.1, -0.05) is 0 Å². The molecule has 1 aliphatic heterocycles. The van der Waals surface area contributed by atoms with Gasteiger partial charge in [0.15, 0.2) is 0 Å². The van der Waals surface area contributed by atoms with Crippen molar-refractivity contribution in [1.82, 2.24) is 10.3 Å². The molecular weight excluding hydrogens is 147 g/mol. The molecule has 1 aromatic heterocycles. The predicted octanol–water partition coefficient (Wildman–Crippen LogP) is 1.02. The van der Waals surface area contributed by atoms with Gasteiger partial charge in [0.1, 0.15) is 11.5 Å². The summed E-state index contributed by atoms with van der Waals surface area (Å²) in [5.41, 5.74) is 0.716. The Morgan fingerprint density at radius 3 is 3.27 bits per heavy atom. The van der Waals surface area contributed by atoms with Gasteiger partial charge in [-0.2, -0.15) is 4.98 Å². The fraction of sp³-hybridized carbons (Fsp3) is 0.571. The molecule has 1 N–H and O–H groups in total. The van der Waals surface area contributed by atoms with Crippen molar-refractivity contribution in [1.29, 1.82) is 0 Å². The van der Waals surface area contributed by atoms with E-state index in [9.17, 15) is 4.39 Å². The van der Waals surface area contributed by atoms with Gasteiger partial charge in [0, 0.05) is 13.0 Å². The molecule has 1 aromatic rings. The van der Waals surface area contributed by atoms with Crippen LogP contribution in [-0.2, 0) is 6.42 Å². The second kappa shape index (κ2) is 2.30. The smallest absolute Gasteiger partial charge is 0.381 e. The molecule has 0 fully saturated rings. The van der Waals surface area contributed by atoms with Gasteiger partial charge < -0.3 is 9.73 Å². The maximum absolute atomic E-state index is 12.5. The molecule has 2 rings (SSSR count). The second-order valence-electron chi connectivity index (χ2n) is 2.70. The van der Waals surface area contributed by atoms with Gasteiger partial charge in [-0.25, -0.2) is 0 Å². The van der Waals surface area contributed by atoms with E-state index in [0.29, 0.717) is 11.5 Å². The molecule has 1 aliphatic rings. The molecule has 4 heteroatoms. The summed E-state index contributed by atoms with van der Waals surface area (Å²) in [6, 6.07) is 0.118. The van der Waals surface area contributed by atoms with Gasteiger partial charge in [0.2, 0.25) is 0 Å². The van der Waals surface area contributed by atoms with Gasteiger partial charge in [-0.3, -0.25) is 0 Å². The van der Waals surface area contributed by atoms with E-state index in [2.05, 4.69) is 10.3 Å². The van der Waals surface area contributed by atoms with Crippen LogP contribution in [0.15, 0.2) is 4.42 Å². The number of hydrogen-bond donors (Lipinski definition) is 1. The molecule has 2 heterocycles. The lowest BCUT2D eigenvalue weighted by Gasteiger charge is -2.16. The van der Waals surface area contributed by atoms with Crippen molar-refractivity contribution in [3.05, 3.63) is 17.6 Å². The number of aromatic nitrogens is 1. The molecule has 1 atom stereocenters.